The highest BCUT2D eigenvalue weighted by Crippen LogP contribution is 2.41. The van der Waals surface area contributed by atoms with Crippen LogP contribution < -0.4 is 5.32 Å². The summed E-state index contributed by atoms with van der Waals surface area (Å²) in [7, 11) is 0. The zero-order valence-corrected chi connectivity index (χ0v) is 18.8. The molecule has 0 saturated heterocycles. The van der Waals surface area contributed by atoms with Crippen molar-refractivity contribution in [1.29, 1.82) is 0 Å². The van der Waals surface area contributed by atoms with Crippen LogP contribution in [0.25, 0.3) is 22.5 Å². The van der Waals surface area contributed by atoms with E-state index >= 15 is 0 Å². The molecule has 0 aliphatic heterocycles. The van der Waals surface area contributed by atoms with Gasteiger partial charge in [-0.05, 0) is 86.3 Å². The van der Waals surface area contributed by atoms with Crippen molar-refractivity contribution in [3.63, 3.8) is 0 Å². The lowest BCUT2D eigenvalue weighted by atomic mass is 9.96. The number of nitrogens with one attached hydrogen (secondary N) is 1. The lowest BCUT2D eigenvalue weighted by Gasteiger charge is -2.20. The number of anilines is 1. The molecule has 1 saturated carbocycles. The summed E-state index contributed by atoms with van der Waals surface area (Å²) in [5.74, 6) is -0.298. The Bertz CT molecular complexity index is 1280. The highest BCUT2D eigenvalue weighted by atomic mass is 19.1. The van der Waals surface area contributed by atoms with Crippen molar-refractivity contribution in [2.24, 2.45) is 0 Å². The van der Waals surface area contributed by atoms with Crippen molar-refractivity contribution in [3.05, 3.63) is 83.8 Å². The highest BCUT2D eigenvalue weighted by Gasteiger charge is 2.25. The molecule has 2 heterocycles. The van der Waals surface area contributed by atoms with Crippen LogP contribution in [0.3, 0.4) is 0 Å². The standard InChI is InChI=1S/C27H26FN3O2/c1-17-14-22(18(2)23(15-17)30-27(32)24-8-5-13-33-24)26-25(19-9-11-20(28)12-10-19)29-16-31(26)21-6-3-4-7-21/h5,8-16,21H,3-4,6-7H2,1-2H3,(H,30,32). The summed E-state index contributed by atoms with van der Waals surface area (Å²) in [5, 5.41) is 3.00. The second-order valence-corrected chi connectivity index (χ2v) is 8.71. The second-order valence-electron chi connectivity index (χ2n) is 8.71. The Morgan fingerprint density at radius 3 is 2.58 bits per heavy atom. The first-order valence-electron chi connectivity index (χ1n) is 11.3. The number of carbonyl (C=O) groups excluding carboxylic acids is 1. The van der Waals surface area contributed by atoms with Crippen molar-refractivity contribution in [2.75, 3.05) is 5.32 Å². The van der Waals surface area contributed by atoms with Gasteiger partial charge < -0.3 is 14.3 Å². The number of benzene rings is 2. The van der Waals surface area contributed by atoms with E-state index in [2.05, 4.69) is 16.0 Å². The Balaban J connectivity index is 1.64. The third-order valence-corrected chi connectivity index (χ3v) is 6.43. The zero-order valence-electron chi connectivity index (χ0n) is 18.8. The maximum absolute atomic E-state index is 13.6. The van der Waals surface area contributed by atoms with E-state index in [4.69, 9.17) is 9.40 Å². The van der Waals surface area contributed by atoms with Crippen molar-refractivity contribution in [1.82, 2.24) is 9.55 Å². The molecule has 2 aromatic carbocycles. The second kappa shape index (κ2) is 8.70. The molecule has 1 N–H and O–H groups in total. The van der Waals surface area contributed by atoms with Crippen LogP contribution in [0.2, 0.25) is 0 Å². The molecule has 1 fully saturated rings. The molecule has 1 aliphatic carbocycles. The average Bonchev–Trinajstić information content (AvgIpc) is 3.57. The van der Waals surface area contributed by atoms with Gasteiger partial charge in [-0.3, -0.25) is 4.79 Å². The molecule has 0 atom stereocenters. The summed E-state index contributed by atoms with van der Waals surface area (Å²) in [6, 6.07) is 14.3. The number of furan rings is 1. The molecule has 1 amide bonds. The lowest BCUT2D eigenvalue weighted by Crippen LogP contribution is -2.13. The Morgan fingerprint density at radius 1 is 1.12 bits per heavy atom. The Hall–Kier alpha value is -3.67. The van der Waals surface area contributed by atoms with Gasteiger partial charge in [-0.2, -0.15) is 0 Å². The monoisotopic (exact) mass is 443 g/mol. The van der Waals surface area contributed by atoms with Crippen LogP contribution in [-0.4, -0.2) is 15.5 Å². The maximum Gasteiger partial charge on any atom is 0.291 e. The molecule has 0 bridgehead atoms. The van der Waals surface area contributed by atoms with Crippen LogP contribution in [0, 0.1) is 19.7 Å². The number of halogens is 1. The highest BCUT2D eigenvalue weighted by molar-refractivity contribution is 6.03. The fraction of sp³-hybridized carbons (Fsp3) is 0.259. The molecule has 0 radical (unpaired) electrons. The number of aromatic nitrogens is 2. The SMILES string of the molecule is Cc1cc(NC(=O)c2ccco2)c(C)c(-c2c(-c3ccc(F)cc3)ncn2C2CCCC2)c1. The van der Waals surface area contributed by atoms with Gasteiger partial charge in [0, 0.05) is 22.9 Å². The summed E-state index contributed by atoms with van der Waals surface area (Å²) in [5.41, 5.74) is 6.40. The van der Waals surface area contributed by atoms with Crippen LogP contribution in [-0.2, 0) is 0 Å². The number of imidazole rings is 1. The minimum Gasteiger partial charge on any atom is -0.459 e. The van der Waals surface area contributed by atoms with E-state index in [1.807, 2.05) is 26.2 Å². The fourth-order valence-corrected chi connectivity index (χ4v) is 4.73. The van der Waals surface area contributed by atoms with Crippen LogP contribution in [0.15, 0.2) is 65.5 Å². The molecular weight excluding hydrogens is 417 g/mol. The summed E-state index contributed by atoms with van der Waals surface area (Å²) in [6.07, 6.45) is 8.01. The van der Waals surface area contributed by atoms with E-state index in [-0.39, 0.29) is 17.5 Å². The smallest absolute Gasteiger partial charge is 0.291 e. The predicted molar refractivity (Wildman–Crippen MR) is 127 cm³/mol. The van der Waals surface area contributed by atoms with Gasteiger partial charge in [0.15, 0.2) is 5.76 Å². The summed E-state index contributed by atoms with van der Waals surface area (Å²) in [6.45, 7) is 4.02. The van der Waals surface area contributed by atoms with Gasteiger partial charge >= 0.3 is 0 Å². The first-order valence-corrected chi connectivity index (χ1v) is 11.3. The molecular formula is C27H26FN3O2. The summed E-state index contributed by atoms with van der Waals surface area (Å²) < 4.78 is 21.1. The molecule has 4 aromatic rings. The number of rotatable bonds is 5. The number of nitrogens with zero attached hydrogens (tertiary/aromatic N) is 2. The number of amides is 1. The topological polar surface area (TPSA) is 60.1 Å². The van der Waals surface area contributed by atoms with Crippen molar-refractivity contribution >= 4 is 11.6 Å². The Morgan fingerprint density at radius 2 is 1.88 bits per heavy atom. The molecule has 5 nitrogen and oxygen atoms in total. The van der Waals surface area contributed by atoms with Gasteiger partial charge in [-0.15, -0.1) is 0 Å². The first-order chi connectivity index (χ1) is 16.0. The fourth-order valence-electron chi connectivity index (χ4n) is 4.73. The van der Waals surface area contributed by atoms with Gasteiger partial charge in [0.25, 0.3) is 5.91 Å². The van der Waals surface area contributed by atoms with E-state index in [9.17, 15) is 9.18 Å². The Labute approximate surface area is 192 Å². The zero-order chi connectivity index (χ0) is 22.9. The predicted octanol–water partition coefficient (Wildman–Crippen LogP) is 6.93. The number of hydrogen-bond acceptors (Lipinski definition) is 3. The molecule has 2 aromatic heterocycles. The number of aryl methyl sites for hydroxylation is 1. The van der Waals surface area contributed by atoms with Crippen molar-refractivity contribution in [2.45, 2.75) is 45.6 Å². The van der Waals surface area contributed by atoms with Gasteiger partial charge in [0.05, 0.1) is 24.0 Å². The molecule has 5 rings (SSSR count). The minimum absolute atomic E-state index is 0.264. The van der Waals surface area contributed by atoms with Gasteiger partial charge in [0.1, 0.15) is 5.82 Å². The van der Waals surface area contributed by atoms with Gasteiger partial charge in [-0.25, -0.2) is 9.37 Å². The molecule has 0 spiro atoms. The molecule has 6 heteroatoms. The van der Waals surface area contributed by atoms with Crippen LogP contribution >= 0.6 is 0 Å². The normalized spacial score (nSPS) is 14.0. The van der Waals surface area contributed by atoms with Crippen LogP contribution in [0.1, 0.15) is 53.4 Å². The number of carbonyl (C=O) groups is 1. The third-order valence-electron chi connectivity index (χ3n) is 6.43. The van der Waals surface area contributed by atoms with Gasteiger partial charge in [-0.1, -0.05) is 12.8 Å². The third kappa shape index (κ3) is 4.09. The molecule has 1 aliphatic rings. The number of hydrogen-bond donors (Lipinski definition) is 1. The lowest BCUT2D eigenvalue weighted by molar-refractivity contribution is 0.0996. The van der Waals surface area contributed by atoms with E-state index in [0.717, 1.165) is 52.2 Å². The Kier molecular flexibility index (Phi) is 5.58. The molecule has 33 heavy (non-hydrogen) atoms. The summed E-state index contributed by atoms with van der Waals surface area (Å²) in [4.78, 5) is 17.5. The summed E-state index contributed by atoms with van der Waals surface area (Å²) >= 11 is 0. The van der Waals surface area contributed by atoms with Crippen LogP contribution in [0.4, 0.5) is 10.1 Å². The quantitative estimate of drug-likeness (QED) is 0.364. The van der Waals surface area contributed by atoms with E-state index < -0.39 is 0 Å². The van der Waals surface area contributed by atoms with Crippen molar-refractivity contribution in [3.8, 4) is 22.5 Å². The van der Waals surface area contributed by atoms with Crippen LogP contribution in [0.5, 0.6) is 0 Å². The van der Waals surface area contributed by atoms with E-state index in [0.29, 0.717) is 6.04 Å². The average molecular weight is 444 g/mol. The van der Waals surface area contributed by atoms with Gasteiger partial charge in [0.2, 0.25) is 0 Å². The van der Waals surface area contributed by atoms with E-state index in [1.165, 1.54) is 31.2 Å². The first kappa shape index (κ1) is 21.2. The molecule has 0 unspecified atom stereocenters. The largest absolute Gasteiger partial charge is 0.459 e. The minimum atomic E-state index is -0.289. The maximum atomic E-state index is 13.6. The molecule has 168 valence electrons. The van der Waals surface area contributed by atoms with Crippen molar-refractivity contribution < 1.29 is 13.6 Å². The van der Waals surface area contributed by atoms with E-state index in [1.54, 1.807) is 24.3 Å².